The number of benzene rings is 2. The molecule has 2 aromatic heterocycles. The van der Waals surface area contributed by atoms with Gasteiger partial charge in [0.05, 0.1) is 17.4 Å². The summed E-state index contributed by atoms with van der Waals surface area (Å²) in [4.78, 5) is 6.39. The highest BCUT2D eigenvalue weighted by Gasteiger charge is 2.43. The van der Waals surface area contributed by atoms with E-state index < -0.39 is 0 Å². The van der Waals surface area contributed by atoms with E-state index in [1.807, 2.05) is 46.0 Å². The SMILES string of the molecule is Oc1ccc(Cl)cc1N1C(=S)N[C@@H](c2ccccn2)[C@H]1c1cccn1-c1ccc(F)cc1. The van der Waals surface area contributed by atoms with Crippen molar-refractivity contribution in [3.8, 4) is 11.4 Å². The molecule has 8 heteroatoms. The molecule has 32 heavy (non-hydrogen) atoms. The number of phenolic OH excluding ortho intramolecular Hbond substituents is 1. The molecule has 1 saturated heterocycles. The van der Waals surface area contributed by atoms with Crippen LogP contribution in [-0.2, 0) is 0 Å². The molecule has 0 amide bonds. The third kappa shape index (κ3) is 3.59. The molecule has 1 fully saturated rings. The summed E-state index contributed by atoms with van der Waals surface area (Å²) in [5, 5.41) is 14.9. The Bertz CT molecular complexity index is 1280. The van der Waals surface area contributed by atoms with Gasteiger partial charge in [0.1, 0.15) is 17.6 Å². The first-order valence-electron chi connectivity index (χ1n) is 9.95. The fraction of sp³-hybridized carbons (Fsp3) is 0.0833. The lowest BCUT2D eigenvalue weighted by atomic mass is 10.0. The largest absolute Gasteiger partial charge is 0.506 e. The van der Waals surface area contributed by atoms with Crippen molar-refractivity contribution in [2.45, 2.75) is 12.1 Å². The van der Waals surface area contributed by atoms with Gasteiger partial charge in [-0.1, -0.05) is 17.7 Å². The highest BCUT2D eigenvalue weighted by Crippen LogP contribution is 2.45. The minimum absolute atomic E-state index is 0.0603. The Morgan fingerprint density at radius 2 is 1.84 bits per heavy atom. The predicted molar refractivity (Wildman–Crippen MR) is 127 cm³/mol. The number of thiocarbonyl (C=S) groups is 1. The molecule has 0 aliphatic carbocycles. The Hall–Kier alpha value is -3.42. The maximum Gasteiger partial charge on any atom is 0.174 e. The zero-order chi connectivity index (χ0) is 22.2. The highest BCUT2D eigenvalue weighted by molar-refractivity contribution is 7.80. The van der Waals surface area contributed by atoms with Crippen LogP contribution in [0.25, 0.3) is 5.69 Å². The van der Waals surface area contributed by atoms with Gasteiger partial charge in [-0.25, -0.2) is 4.39 Å². The zero-order valence-electron chi connectivity index (χ0n) is 16.7. The molecule has 2 aromatic carbocycles. The lowest BCUT2D eigenvalue weighted by Crippen LogP contribution is -2.30. The Kier molecular flexibility index (Phi) is 5.28. The van der Waals surface area contributed by atoms with Crippen molar-refractivity contribution in [2.24, 2.45) is 0 Å². The van der Waals surface area contributed by atoms with Crippen LogP contribution >= 0.6 is 23.8 Å². The van der Waals surface area contributed by atoms with Crippen molar-refractivity contribution in [3.63, 3.8) is 0 Å². The fourth-order valence-electron chi connectivity index (χ4n) is 4.08. The summed E-state index contributed by atoms with van der Waals surface area (Å²) < 4.78 is 15.5. The molecule has 5 nitrogen and oxygen atoms in total. The molecule has 0 spiro atoms. The van der Waals surface area contributed by atoms with Crippen LogP contribution in [0.4, 0.5) is 10.1 Å². The molecule has 1 aliphatic rings. The predicted octanol–water partition coefficient (Wildman–Crippen LogP) is 5.55. The summed E-state index contributed by atoms with van der Waals surface area (Å²) in [7, 11) is 0. The lowest BCUT2D eigenvalue weighted by molar-refractivity contribution is 0.472. The van der Waals surface area contributed by atoms with Gasteiger partial charge < -0.3 is 19.9 Å². The van der Waals surface area contributed by atoms with Crippen LogP contribution in [0.5, 0.6) is 5.75 Å². The van der Waals surface area contributed by atoms with E-state index in [0.717, 1.165) is 17.1 Å². The number of aromatic nitrogens is 2. The second-order valence-corrected chi connectivity index (χ2v) is 8.23. The molecular weight excluding hydrogens is 447 g/mol. The third-order valence-electron chi connectivity index (χ3n) is 5.48. The number of rotatable bonds is 4. The van der Waals surface area contributed by atoms with E-state index in [2.05, 4.69) is 10.3 Å². The number of phenols is 1. The first-order chi connectivity index (χ1) is 15.5. The average molecular weight is 465 g/mol. The molecule has 2 atom stereocenters. The quantitative estimate of drug-likeness (QED) is 0.388. The standard InChI is InChI=1S/C24H18ClFN4OS/c25-15-6-11-21(31)20(14-15)30-23(22(28-24(30)32)18-4-1-2-12-27-18)19-5-3-13-29(19)17-9-7-16(26)8-10-17/h1-14,22-23,31H,(H,28,32)/t22-,23+/m0/s1. The number of anilines is 1. The molecular formula is C24H18ClFN4OS. The number of nitrogens with one attached hydrogen (secondary N) is 1. The van der Waals surface area contributed by atoms with E-state index >= 15 is 0 Å². The van der Waals surface area contributed by atoms with Crippen molar-refractivity contribution >= 4 is 34.6 Å². The summed E-state index contributed by atoms with van der Waals surface area (Å²) in [6.45, 7) is 0. The number of hydrogen-bond donors (Lipinski definition) is 2. The summed E-state index contributed by atoms with van der Waals surface area (Å²) in [6.07, 6.45) is 3.64. The summed E-state index contributed by atoms with van der Waals surface area (Å²) in [5.41, 5.74) is 2.99. The van der Waals surface area contributed by atoms with Crippen LogP contribution in [0, 0.1) is 5.82 Å². The van der Waals surface area contributed by atoms with E-state index in [0.29, 0.717) is 15.8 Å². The molecule has 5 rings (SSSR count). The monoisotopic (exact) mass is 464 g/mol. The van der Waals surface area contributed by atoms with Gasteiger partial charge >= 0.3 is 0 Å². The van der Waals surface area contributed by atoms with Crippen molar-refractivity contribution in [1.82, 2.24) is 14.9 Å². The van der Waals surface area contributed by atoms with Crippen LogP contribution in [0.2, 0.25) is 5.02 Å². The van der Waals surface area contributed by atoms with E-state index in [1.54, 1.807) is 36.5 Å². The summed E-state index contributed by atoms with van der Waals surface area (Å²) >= 11 is 12.0. The number of pyridine rings is 1. The Balaban J connectivity index is 1.69. The molecule has 4 aromatic rings. The van der Waals surface area contributed by atoms with E-state index in [9.17, 15) is 9.50 Å². The molecule has 3 heterocycles. The topological polar surface area (TPSA) is 53.3 Å². The van der Waals surface area contributed by atoms with Crippen molar-refractivity contribution < 1.29 is 9.50 Å². The lowest BCUT2D eigenvalue weighted by Gasteiger charge is -2.29. The third-order valence-corrected chi connectivity index (χ3v) is 6.03. The zero-order valence-corrected chi connectivity index (χ0v) is 18.3. The molecule has 1 aliphatic heterocycles. The number of hydrogen-bond acceptors (Lipinski definition) is 3. The second-order valence-electron chi connectivity index (χ2n) is 7.41. The van der Waals surface area contributed by atoms with Crippen LogP contribution in [0.3, 0.4) is 0 Å². The van der Waals surface area contributed by atoms with Crippen molar-refractivity contribution in [1.29, 1.82) is 0 Å². The smallest absolute Gasteiger partial charge is 0.174 e. The van der Waals surface area contributed by atoms with Crippen LogP contribution in [0.15, 0.2) is 85.2 Å². The number of aromatic hydroxyl groups is 1. The van der Waals surface area contributed by atoms with Gasteiger partial charge in [-0.15, -0.1) is 0 Å². The molecule has 2 N–H and O–H groups in total. The van der Waals surface area contributed by atoms with Gasteiger partial charge in [0.15, 0.2) is 5.11 Å². The fourth-order valence-corrected chi connectivity index (χ4v) is 4.58. The Morgan fingerprint density at radius 3 is 2.59 bits per heavy atom. The van der Waals surface area contributed by atoms with Crippen molar-refractivity contribution in [2.75, 3.05) is 4.90 Å². The number of halogens is 2. The highest BCUT2D eigenvalue weighted by atomic mass is 35.5. The van der Waals surface area contributed by atoms with E-state index in [4.69, 9.17) is 23.8 Å². The Morgan fingerprint density at radius 1 is 1.03 bits per heavy atom. The molecule has 0 saturated carbocycles. The summed E-state index contributed by atoms with van der Waals surface area (Å²) in [6, 6.07) is 20.1. The van der Waals surface area contributed by atoms with Gasteiger partial charge in [-0.3, -0.25) is 4.98 Å². The Labute approximate surface area is 194 Å². The molecule has 160 valence electrons. The van der Waals surface area contributed by atoms with Gasteiger partial charge in [-0.2, -0.15) is 0 Å². The minimum Gasteiger partial charge on any atom is -0.506 e. The van der Waals surface area contributed by atoms with Gasteiger partial charge in [0.2, 0.25) is 0 Å². The maximum absolute atomic E-state index is 13.5. The van der Waals surface area contributed by atoms with E-state index in [-0.39, 0.29) is 23.7 Å². The van der Waals surface area contributed by atoms with Gasteiger partial charge in [0, 0.05) is 28.8 Å². The van der Waals surface area contributed by atoms with E-state index in [1.165, 1.54) is 12.1 Å². The van der Waals surface area contributed by atoms with Gasteiger partial charge in [-0.05, 0) is 78.9 Å². The maximum atomic E-state index is 13.5. The van der Waals surface area contributed by atoms with Crippen LogP contribution in [0.1, 0.15) is 23.5 Å². The summed E-state index contributed by atoms with van der Waals surface area (Å²) in [5.74, 6) is -0.242. The molecule has 0 bridgehead atoms. The normalized spacial score (nSPS) is 18.1. The number of nitrogens with zero attached hydrogens (tertiary/aromatic N) is 3. The molecule has 0 unspecified atom stereocenters. The van der Waals surface area contributed by atoms with Crippen LogP contribution < -0.4 is 10.2 Å². The average Bonchev–Trinajstić information content (AvgIpc) is 3.41. The first-order valence-corrected chi connectivity index (χ1v) is 10.7. The first kappa shape index (κ1) is 20.5. The second kappa shape index (κ2) is 8.26. The van der Waals surface area contributed by atoms with Crippen LogP contribution in [-0.4, -0.2) is 19.8 Å². The minimum atomic E-state index is -0.359. The van der Waals surface area contributed by atoms with Gasteiger partial charge in [0.25, 0.3) is 0 Å². The van der Waals surface area contributed by atoms with Crippen molar-refractivity contribution in [3.05, 3.63) is 107 Å². The molecule has 0 radical (unpaired) electrons.